The number of piperazine rings is 1. The summed E-state index contributed by atoms with van der Waals surface area (Å²) < 4.78 is 3.36. The molecular weight excluding hydrogens is 316 g/mol. The number of nitrogens with zero attached hydrogens (tertiary/aromatic N) is 4. The van der Waals surface area contributed by atoms with Gasteiger partial charge in [0.15, 0.2) is 0 Å². The Morgan fingerprint density at radius 1 is 1.20 bits per heavy atom. The van der Waals surface area contributed by atoms with Gasteiger partial charge in [0.05, 0.1) is 15.9 Å². The second-order valence-electron chi connectivity index (χ2n) is 5.93. The van der Waals surface area contributed by atoms with Crippen LogP contribution < -0.4 is 0 Å². The van der Waals surface area contributed by atoms with E-state index in [1.807, 2.05) is 0 Å². The van der Waals surface area contributed by atoms with Crippen LogP contribution in [0.4, 0.5) is 0 Å². The lowest BCUT2D eigenvalue weighted by atomic mass is 10.1. The first-order valence-corrected chi connectivity index (χ1v) is 8.45. The SMILES string of the molecule is CCc1nn(CC)c(CN2CC(C)N(C)C(C)C2)c1Br. The molecule has 2 heterocycles. The van der Waals surface area contributed by atoms with Gasteiger partial charge < -0.3 is 0 Å². The third-order valence-electron chi connectivity index (χ3n) is 4.50. The molecular formula is C15H27BrN4. The van der Waals surface area contributed by atoms with E-state index < -0.39 is 0 Å². The largest absolute Gasteiger partial charge is 0.298 e. The van der Waals surface area contributed by atoms with Gasteiger partial charge in [-0.25, -0.2) is 0 Å². The summed E-state index contributed by atoms with van der Waals surface area (Å²) in [5.41, 5.74) is 2.50. The monoisotopic (exact) mass is 342 g/mol. The van der Waals surface area contributed by atoms with Crippen LogP contribution >= 0.6 is 15.9 Å². The van der Waals surface area contributed by atoms with Crippen molar-refractivity contribution in [1.82, 2.24) is 19.6 Å². The fourth-order valence-corrected chi connectivity index (χ4v) is 3.71. The minimum atomic E-state index is 0.612. The summed E-state index contributed by atoms with van der Waals surface area (Å²) in [6.07, 6.45) is 0.982. The highest BCUT2D eigenvalue weighted by atomic mass is 79.9. The van der Waals surface area contributed by atoms with Crippen molar-refractivity contribution < 1.29 is 0 Å². The molecule has 0 aromatic carbocycles. The Morgan fingerprint density at radius 2 is 1.80 bits per heavy atom. The van der Waals surface area contributed by atoms with E-state index in [1.54, 1.807) is 0 Å². The third-order valence-corrected chi connectivity index (χ3v) is 5.42. The molecule has 1 aliphatic heterocycles. The maximum Gasteiger partial charge on any atom is 0.0767 e. The van der Waals surface area contributed by atoms with Crippen LogP contribution in [0.1, 0.15) is 39.1 Å². The van der Waals surface area contributed by atoms with Gasteiger partial charge in [0, 0.05) is 38.3 Å². The maximum atomic E-state index is 4.70. The first-order chi connectivity index (χ1) is 9.47. The summed E-state index contributed by atoms with van der Waals surface area (Å²) in [7, 11) is 2.23. The minimum Gasteiger partial charge on any atom is -0.298 e. The van der Waals surface area contributed by atoms with Crippen molar-refractivity contribution in [2.24, 2.45) is 0 Å². The van der Waals surface area contributed by atoms with E-state index in [9.17, 15) is 0 Å². The van der Waals surface area contributed by atoms with Crippen molar-refractivity contribution in [2.75, 3.05) is 20.1 Å². The van der Waals surface area contributed by atoms with Crippen LogP contribution in [0.5, 0.6) is 0 Å². The number of aryl methyl sites for hydroxylation is 2. The van der Waals surface area contributed by atoms with Crippen molar-refractivity contribution in [1.29, 1.82) is 0 Å². The highest BCUT2D eigenvalue weighted by molar-refractivity contribution is 9.10. The molecule has 0 saturated carbocycles. The Labute approximate surface area is 131 Å². The molecule has 0 spiro atoms. The van der Waals surface area contributed by atoms with Crippen LogP contribution in [0, 0.1) is 0 Å². The van der Waals surface area contributed by atoms with E-state index in [0.29, 0.717) is 12.1 Å². The standard InChI is InChI=1S/C15H27BrN4/c1-6-13-15(16)14(20(7-2)17-13)10-19-8-11(3)18(5)12(4)9-19/h11-12H,6-10H2,1-5H3. The third kappa shape index (κ3) is 3.10. The molecule has 20 heavy (non-hydrogen) atoms. The number of rotatable bonds is 4. The van der Waals surface area contributed by atoms with Crippen molar-refractivity contribution in [2.45, 2.75) is 59.3 Å². The highest BCUT2D eigenvalue weighted by Gasteiger charge is 2.27. The van der Waals surface area contributed by atoms with E-state index in [-0.39, 0.29) is 0 Å². The van der Waals surface area contributed by atoms with Crippen LogP contribution in [0.3, 0.4) is 0 Å². The maximum absolute atomic E-state index is 4.70. The lowest BCUT2D eigenvalue weighted by Crippen LogP contribution is -2.54. The lowest BCUT2D eigenvalue weighted by molar-refractivity contribution is 0.0540. The molecule has 1 aliphatic rings. The Morgan fingerprint density at radius 3 is 2.30 bits per heavy atom. The van der Waals surface area contributed by atoms with Gasteiger partial charge in [0.1, 0.15) is 0 Å². The molecule has 0 radical (unpaired) electrons. The first-order valence-electron chi connectivity index (χ1n) is 7.66. The van der Waals surface area contributed by atoms with E-state index in [0.717, 1.165) is 32.6 Å². The first kappa shape index (κ1) is 16.0. The number of aromatic nitrogens is 2. The Kier molecular flexibility index (Phi) is 5.26. The van der Waals surface area contributed by atoms with Gasteiger partial charge in [-0.1, -0.05) is 6.92 Å². The van der Waals surface area contributed by atoms with E-state index >= 15 is 0 Å². The average Bonchev–Trinajstić information content (AvgIpc) is 2.72. The smallest absolute Gasteiger partial charge is 0.0767 e. The minimum absolute atomic E-state index is 0.612. The molecule has 114 valence electrons. The molecule has 0 aliphatic carbocycles. The van der Waals surface area contributed by atoms with Gasteiger partial charge in [-0.3, -0.25) is 14.5 Å². The predicted molar refractivity (Wildman–Crippen MR) is 86.9 cm³/mol. The molecule has 1 aromatic rings. The number of likely N-dealkylation sites (N-methyl/N-ethyl adjacent to an activating group) is 1. The van der Waals surface area contributed by atoms with Gasteiger partial charge in [-0.2, -0.15) is 5.10 Å². The van der Waals surface area contributed by atoms with Crippen LogP contribution in [-0.4, -0.2) is 51.8 Å². The Bertz CT molecular complexity index is 445. The Balaban J connectivity index is 2.16. The fourth-order valence-electron chi connectivity index (χ4n) is 3.02. The van der Waals surface area contributed by atoms with Crippen molar-refractivity contribution in [3.05, 3.63) is 15.9 Å². The quantitative estimate of drug-likeness (QED) is 0.840. The number of hydrogen-bond acceptors (Lipinski definition) is 3. The molecule has 5 heteroatoms. The average molecular weight is 343 g/mol. The summed E-state index contributed by atoms with van der Waals surface area (Å²) in [6.45, 7) is 13.1. The van der Waals surface area contributed by atoms with Crippen molar-refractivity contribution >= 4 is 15.9 Å². The van der Waals surface area contributed by atoms with Crippen molar-refractivity contribution in [3.63, 3.8) is 0 Å². The van der Waals surface area contributed by atoms with Crippen LogP contribution in [0.25, 0.3) is 0 Å². The lowest BCUT2D eigenvalue weighted by Gasteiger charge is -2.42. The fraction of sp³-hybridized carbons (Fsp3) is 0.800. The summed E-state index contributed by atoms with van der Waals surface area (Å²) >= 11 is 3.75. The zero-order valence-corrected chi connectivity index (χ0v) is 14.9. The molecule has 0 N–H and O–H groups in total. The Hall–Kier alpha value is -0.390. The molecule has 1 fully saturated rings. The topological polar surface area (TPSA) is 24.3 Å². The van der Waals surface area contributed by atoms with E-state index in [1.165, 1.54) is 15.9 Å². The highest BCUT2D eigenvalue weighted by Crippen LogP contribution is 2.25. The van der Waals surface area contributed by atoms with Gasteiger partial charge >= 0.3 is 0 Å². The molecule has 4 nitrogen and oxygen atoms in total. The second kappa shape index (κ2) is 6.58. The van der Waals surface area contributed by atoms with Crippen LogP contribution in [0.15, 0.2) is 4.47 Å². The van der Waals surface area contributed by atoms with E-state index in [2.05, 4.69) is 65.2 Å². The van der Waals surface area contributed by atoms with Gasteiger partial charge in [0.25, 0.3) is 0 Å². The second-order valence-corrected chi connectivity index (χ2v) is 6.73. The summed E-state index contributed by atoms with van der Waals surface area (Å²) in [4.78, 5) is 5.03. The zero-order valence-electron chi connectivity index (χ0n) is 13.4. The molecule has 2 rings (SSSR count). The molecule has 1 aromatic heterocycles. The molecule has 1 saturated heterocycles. The van der Waals surface area contributed by atoms with Gasteiger partial charge in [0.2, 0.25) is 0 Å². The van der Waals surface area contributed by atoms with Gasteiger partial charge in [-0.05, 0) is 50.2 Å². The summed E-state index contributed by atoms with van der Waals surface area (Å²) in [6, 6.07) is 1.22. The van der Waals surface area contributed by atoms with Crippen molar-refractivity contribution in [3.8, 4) is 0 Å². The summed E-state index contributed by atoms with van der Waals surface area (Å²) in [5.74, 6) is 0. The summed E-state index contributed by atoms with van der Waals surface area (Å²) in [5, 5.41) is 4.70. The van der Waals surface area contributed by atoms with Gasteiger partial charge in [-0.15, -0.1) is 0 Å². The zero-order chi connectivity index (χ0) is 14.9. The number of halogens is 1. The van der Waals surface area contributed by atoms with E-state index in [4.69, 9.17) is 5.10 Å². The molecule has 2 atom stereocenters. The van der Waals surface area contributed by atoms with Crippen LogP contribution in [-0.2, 0) is 19.5 Å². The molecule has 0 bridgehead atoms. The number of hydrogen-bond donors (Lipinski definition) is 0. The molecule has 2 unspecified atom stereocenters. The predicted octanol–water partition coefficient (Wildman–Crippen LogP) is 2.75. The molecule has 0 amide bonds. The normalized spacial score (nSPS) is 25.3. The van der Waals surface area contributed by atoms with Crippen LogP contribution in [0.2, 0.25) is 0 Å².